The Morgan fingerprint density at radius 1 is 0.952 bits per heavy atom. The van der Waals surface area contributed by atoms with E-state index in [2.05, 4.69) is 13.8 Å². The van der Waals surface area contributed by atoms with Gasteiger partial charge in [0.15, 0.2) is 0 Å². The molecule has 4 heteroatoms. The average Bonchev–Trinajstić information content (AvgIpc) is 2.41. The molecule has 116 valence electrons. The van der Waals surface area contributed by atoms with Crippen LogP contribution in [0.5, 0.6) is 0 Å². The van der Waals surface area contributed by atoms with Gasteiger partial charge in [0.25, 0.3) is 0 Å². The minimum Gasteiger partial charge on any atom is -0.466 e. The molecule has 0 unspecified atom stereocenters. The van der Waals surface area contributed by atoms with E-state index in [-0.39, 0.29) is 24.8 Å². The second kappa shape index (κ2) is 8.45. The molecule has 0 aliphatic heterocycles. The molecule has 0 aliphatic rings. The molecule has 4 nitrogen and oxygen atoms in total. The van der Waals surface area contributed by atoms with Crippen molar-refractivity contribution in [3.05, 3.63) is 34.9 Å². The molecule has 0 N–H and O–H groups in total. The summed E-state index contributed by atoms with van der Waals surface area (Å²) in [5.74, 6) is -0.189. The van der Waals surface area contributed by atoms with Gasteiger partial charge in [0.1, 0.15) is 0 Å². The van der Waals surface area contributed by atoms with Crippen molar-refractivity contribution >= 4 is 11.9 Å². The van der Waals surface area contributed by atoms with Crippen molar-refractivity contribution in [2.24, 2.45) is 0 Å². The molecule has 0 amide bonds. The van der Waals surface area contributed by atoms with Crippen LogP contribution >= 0.6 is 0 Å². The van der Waals surface area contributed by atoms with Gasteiger partial charge < -0.3 is 9.47 Å². The number of rotatable bonds is 7. The molecule has 0 bridgehead atoms. The zero-order valence-corrected chi connectivity index (χ0v) is 13.3. The van der Waals surface area contributed by atoms with E-state index in [1.54, 1.807) is 13.8 Å². The van der Waals surface area contributed by atoms with Gasteiger partial charge in [-0.05, 0) is 36.5 Å². The monoisotopic (exact) mass is 292 g/mol. The van der Waals surface area contributed by atoms with Gasteiger partial charge in [-0.15, -0.1) is 0 Å². The third-order valence-corrected chi connectivity index (χ3v) is 3.18. The number of ether oxygens (including phenoxy) is 2. The van der Waals surface area contributed by atoms with Crippen molar-refractivity contribution in [2.75, 3.05) is 13.2 Å². The Morgan fingerprint density at radius 3 is 1.95 bits per heavy atom. The third-order valence-electron chi connectivity index (χ3n) is 3.18. The Balaban J connectivity index is 2.99. The van der Waals surface area contributed by atoms with Crippen LogP contribution in [0.4, 0.5) is 0 Å². The zero-order valence-electron chi connectivity index (χ0n) is 13.3. The van der Waals surface area contributed by atoms with E-state index in [9.17, 15) is 9.59 Å². The highest BCUT2D eigenvalue weighted by Crippen LogP contribution is 2.20. The van der Waals surface area contributed by atoms with E-state index in [0.29, 0.717) is 19.1 Å². The molecule has 0 aliphatic carbocycles. The number of hydrogen-bond donors (Lipinski definition) is 0. The first-order chi connectivity index (χ1) is 9.97. The fourth-order valence-corrected chi connectivity index (χ4v) is 2.08. The van der Waals surface area contributed by atoms with Crippen molar-refractivity contribution in [1.82, 2.24) is 0 Å². The quantitative estimate of drug-likeness (QED) is 0.725. The molecule has 0 spiro atoms. The van der Waals surface area contributed by atoms with Gasteiger partial charge >= 0.3 is 11.9 Å². The van der Waals surface area contributed by atoms with Gasteiger partial charge in [-0.1, -0.05) is 32.0 Å². The van der Waals surface area contributed by atoms with Crippen molar-refractivity contribution < 1.29 is 19.1 Å². The number of carbonyl (C=O) groups excluding carboxylic acids is 2. The molecule has 0 radical (unpaired) electrons. The molecule has 0 heterocycles. The maximum absolute atomic E-state index is 11.7. The largest absolute Gasteiger partial charge is 0.466 e. The van der Waals surface area contributed by atoms with E-state index in [4.69, 9.17) is 9.47 Å². The fourth-order valence-electron chi connectivity index (χ4n) is 2.08. The van der Waals surface area contributed by atoms with Gasteiger partial charge in [-0.3, -0.25) is 9.59 Å². The van der Waals surface area contributed by atoms with E-state index < -0.39 is 0 Å². The standard InChI is InChI=1S/C17H24O4/c1-5-20-16(18)10-14-8-7-13(12(3)4)9-15(14)11-17(19)21-6-2/h7-9,12H,5-6,10-11H2,1-4H3. The van der Waals surface area contributed by atoms with E-state index in [1.807, 2.05) is 18.2 Å². The van der Waals surface area contributed by atoms with Crippen LogP contribution in [0.2, 0.25) is 0 Å². The summed E-state index contributed by atoms with van der Waals surface area (Å²) in [6.45, 7) is 8.45. The molecule has 1 rings (SSSR count). The summed E-state index contributed by atoms with van der Waals surface area (Å²) in [7, 11) is 0. The van der Waals surface area contributed by atoms with Crippen LogP contribution in [0, 0.1) is 0 Å². The number of benzene rings is 1. The third kappa shape index (κ3) is 5.58. The summed E-state index contributed by atoms with van der Waals surface area (Å²) in [5, 5.41) is 0. The summed E-state index contributed by atoms with van der Waals surface area (Å²) in [6.07, 6.45) is 0.365. The molecule has 1 aromatic carbocycles. The SMILES string of the molecule is CCOC(=O)Cc1ccc(C(C)C)cc1CC(=O)OCC. The number of hydrogen-bond acceptors (Lipinski definition) is 4. The molecule has 0 saturated carbocycles. The van der Waals surface area contributed by atoms with Gasteiger partial charge in [0.2, 0.25) is 0 Å². The summed E-state index contributed by atoms with van der Waals surface area (Å²) >= 11 is 0. The molecular weight excluding hydrogens is 268 g/mol. The van der Waals surface area contributed by atoms with Crippen LogP contribution in [0.25, 0.3) is 0 Å². The minimum absolute atomic E-state index is 0.182. The van der Waals surface area contributed by atoms with Gasteiger partial charge in [-0.2, -0.15) is 0 Å². The molecular formula is C17H24O4. The lowest BCUT2D eigenvalue weighted by molar-refractivity contribution is -0.143. The second-order valence-electron chi connectivity index (χ2n) is 5.15. The molecule has 0 fully saturated rings. The van der Waals surface area contributed by atoms with Crippen LogP contribution in [0.15, 0.2) is 18.2 Å². The van der Waals surface area contributed by atoms with Crippen LogP contribution in [0.3, 0.4) is 0 Å². The lowest BCUT2D eigenvalue weighted by atomic mass is 9.94. The van der Waals surface area contributed by atoms with Gasteiger partial charge in [0.05, 0.1) is 26.1 Å². The molecule has 0 saturated heterocycles. The normalized spacial score (nSPS) is 10.5. The highest BCUT2D eigenvalue weighted by Gasteiger charge is 2.14. The van der Waals surface area contributed by atoms with E-state index >= 15 is 0 Å². The zero-order chi connectivity index (χ0) is 15.8. The van der Waals surface area contributed by atoms with E-state index in [0.717, 1.165) is 16.7 Å². The van der Waals surface area contributed by atoms with Gasteiger partial charge in [-0.25, -0.2) is 0 Å². The smallest absolute Gasteiger partial charge is 0.310 e. The lowest BCUT2D eigenvalue weighted by Gasteiger charge is -2.13. The van der Waals surface area contributed by atoms with Crippen molar-refractivity contribution in [3.63, 3.8) is 0 Å². The fraction of sp³-hybridized carbons (Fsp3) is 0.529. The van der Waals surface area contributed by atoms with Crippen LogP contribution in [0.1, 0.15) is 50.3 Å². The maximum Gasteiger partial charge on any atom is 0.310 e. The van der Waals surface area contributed by atoms with E-state index in [1.165, 1.54) is 0 Å². The first-order valence-corrected chi connectivity index (χ1v) is 7.40. The number of carbonyl (C=O) groups is 2. The summed E-state index contributed by atoms with van der Waals surface area (Å²) < 4.78 is 9.97. The first kappa shape index (κ1) is 17.2. The lowest BCUT2D eigenvalue weighted by Crippen LogP contribution is -2.13. The molecule has 21 heavy (non-hydrogen) atoms. The number of esters is 2. The Hall–Kier alpha value is -1.84. The Kier molecular flexibility index (Phi) is 6.92. The Morgan fingerprint density at radius 2 is 1.48 bits per heavy atom. The summed E-state index contributed by atoms with van der Waals surface area (Å²) in [6, 6.07) is 5.88. The van der Waals surface area contributed by atoms with Crippen molar-refractivity contribution in [1.29, 1.82) is 0 Å². The summed E-state index contributed by atoms with van der Waals surface area (Å²) in [5.41, 5.74) is 2.81. The van der Waals surface area contributed by atoms with Crippen LogP contribution in [-0.2, 0) is 31.9 Å². The predicted octanol–water partition coefficient (Wildman–Crippen LogP) is 3.02. The van der Waals surface area contributed by atoms with Crippen molar-refractivity contribution in [2.45, 2.75) is 46.5 Å². The highest BCUT2D eigenvalue weighted by molar-refractivity contribution is 5.76. The topological polar surface area (TPSA) is 52.6 Å². The molecule has 1 aromatic rings. The van der Waals surface area contributed by atoms with Crippen molar-refractivity contribution in [3.8, 4) is 0 Å². The average molecular weight is 292 g/mol. The predicted molar refractivity (Wildman–Crippen MR) is 81.2 cm³/mol. The maximum atomic E-state index is 11.7. The van der Waals surface area contributed by atoms with Crippen LogP contribution < -0.4 is 0 Å². The van der Waals surface area contributed by atoms with Gasteiger partial charge in [0, 0.05) is 0 Å². The first-order valence-electron chi connectivity index (χ1n) is 7.40. The highest BCUT2D eigenvalue weighted by atomic mass is 16.5. The Bertz CT molecular complexity index is 492. The molecule has 0 atom stereocenters. The Labute approximate surface area is 126 Å². The minimum atomic E-state index is -0.278. The molecule has 0 aromatic heterocycles. The second-order valence-corrected chi connectivity index (χ2v) is 5.15. The summed E-state index contributed by atoms with van der Waals surface area (Å²) in [4.78, 5) is 23.4. The van der Waals surface area contributed by atoms with Crippen LogP contribution in [-0.4, -0.2) is 25.2 Å².